The number of fused-ring (bicyclic) bond motifs is 1. The predicted molar refractivity (Wildman–Crippen MR) is 155 cm³/mol. The molecule has 7 heteroatoms. The van der Waals surface area contributed by atoms with E-state index in [0.717, 1.165) is 16.8 Å². The summed E-state index contributed by atoms with van der Waals surface area (Å²) in [5.74, 6) is -1.17. The van der Waals surface area contributed by atoms with Crippen molar-refractivity contribution in [2.24, 2.45) is 0 Å². The van der Waals surface area contributed by atoms with Gasteiger partial charge in [-0.3, -0.25) is 4.79 Å². The highest BCUT2D eigenvalue weighted by molar-refractivity contribution is 6.09. The Morgan fingerprint density at radius 3 is 2.30 bits per heavy atom. The zero-order valence-electron chi connectivity index (χ0n) is 22.4. The average molecular weight is 533 g/mol. The minimum atomic E-state index is -0.642. The van der Waals surface area contributed by atoms with E-state index < -0.39 is 11.9 Å². The van der Waals surface area contributed by atoms with Crippen molar-refractivity contribution in [2.45, 2.75) is 20.8 Å². The Morgan fingerprint density at radius 2 is 1.55 bits per heavy atom. The molecular formula is C33H28N2O5. The highest BCUT2D eigenvalue weighted by atomic mass is 16.5. The van der Waals surface area contributed by atoms with Crippen LogP contribution in [0, 0.1) is 13.8 Å². The Morgan fingerprint density at radius 1 is 0.800 bits per heavy atom. The molecule has 0 spiro atoms. The fourth-order valence-electron chi connectivity index (χ4n) is 4.74. The number of para-hydroxylation sites is 2. The van der Waals surface area contributed by atoms with Crippen molar-refractivity contribution in [2.75, 3.05) is 11.9 Å². The van der Waals surface area contributed by atoms with Crippen molar-refractivity contribution in [3.8, 4) is 11.4 Å². The number of aryl methyl sites for hydroxylation is 1. The molecule has 0 aliphatic heterocycles. The minimum absolute atomic E-state index is 0.201. The molecule has 40 heavy (non-hydrogen) atoms. The molecular weight excluding hydrogens is 504 g/mol. The van der Waals surface area contributed by atoms with Crippen LogP contribution in [0.2, 0.25) is 0 Å². The number of nitrogens with zero attached hydrogens (tertiary/aromatic N) is 1. The molecule has 0 fully saturated rings. The molecule has 0 bridgehead atoms. The molecule has 1 heterocycles. The highest BCUT2D eigenvalue weighted by Crippen LogP contribution is 2.33. The lowest BCUT2D eigenvalue weighted by Crippen LogP contribution is -2.17. The molecule has 7 nitrogen and oxygen atoms in total. The Hall–Kier alpha value is -5.17. The van der Waals surface area contributed by atoms with Gasteiger partial charge in [-0.1, -0.05) is 48.0 Å². The number of nitrogens with one attached hydrogen (secondary N) is 1. The van der Waals surface area contributed by atoms with Crippen LogP contribution in [0.3, 0.4) is 0 Å². The van der Waals surface area contributed by atoms with E-state index in [1.807, 2.05) is 60.9 Å². The summed E-state index contributed by atoms with van der Waals surface area (Å²) in [6.45, 7) is 5.75. The number of carbonyl (C=O) groups excluding carboxylic acids is 3. The maximum Gasteiger partial charge on any atom is 0.345 e. The summed E-state index contributed by atoms with van der Waals surface area (Å²) < 4.78 is 13.1. The topological polar surface area (TPSA) is 86.6 Å². The maximum absolute atomic E-state index is 13.3. The lowest BCUT2D eigenvalue weighted by atomic mass is 10.1. The van der Waals surface area contributed by atoms with Crippen molar-refractivity contribution >= 4 is 34.4 Å². The van der Waals surface area contributed by atoms with Gasteiger partial charge >= 0.3 is 11.9 Å². The number of esters is 2. The van der Waals surface area contributed by atoms with E-state index in [1.54, 1.807) is 61.5 Å². The van der Waals surface area contributed by atoms with Crippen LogP contribution in [0.4, 0.5) is 5.69 Å². The SMILES string of the molecule is CCOC(=O)c1c(C)n(-c2ccccc2)c2ccc(OC(=O)c3ccccc3NC(=O)c3cccc(C)c3)cc12. The highest BCUT2D eigenvalue weighted by Gasteiger charge is 2.23. The third kappa shape index (κ3) is 5.22. The van der Waals surface area contributed by atoms with Crippen LogP contribution in [0.15, 0.2) is 97.1 Å². The van der Waals surface area contributed by atoms with E-state index in [-0.39, 0.29) is 23.8 Å². The van der Waals surface area contributed by atoms with Gasteiger partial charge in [-0.05, 0) is 75.4 Å². The number of ether oxygens (including phenoxy) is 2. The number of rotatable bonds is 7. The summed E-state index contributed by atoms with van der Waals surface area (Å²) in [6.07, 6.45) is 0. The first-order valence-electron chi connectivity index (χ1n) is 12.9. The quantitative estimate of drug-likeness (QED) is 0.182. The van der Waals surface area contributed by atoms with Crippen molar-refractivity contribution in [3.05, 3.63) is 125 Å². The van der Waals surface area contributed by atoms with Crippen LogP contribution in [0.25, 0.3) is 16.6 Å². The molecule has 0 unspecified atom stereocenters. The van der Waals surface area contributed by atoms with Crippen LogP contribution in [-0.2, 0) is 4.74 Å². The lowest BCUT2D eigenvalue weighted by Gasteiger charge is -2.12. The lowest BCUT2D eigenvalue weighted by molar-refractivity contribution is 0.0527. The molecule has 200 valence electrons. The minimum Gasteiger partial charge on any atom is -0.462 e. The van der Waals surface area contributed by atoms with Gasteiger partial charge in [0.1, 0.15) is 5.75 Å². The third-order valence-corrected chi connectivity index (χ3v) is 6.56. The largest absolute Gasteiger partial charge is 0.462 e. The van der Waals surface area contributed by atoms with Gasteiger partial charge in [-0.15, -0.1) is 0 Å². The predicted octanol–water partition coefficient (Wildman–Crippen LogP) is 6.90. The van der Waals surface area contributed by atoms with Crippen LogP contribution >= 0.6 is 0 Å². The van der Waals surface area contributed by atoms with Crippen LogP contribution in [0.1, 0.15) is 49.3 Å². The first-order valence-corrected chi connectivity index (χ1v) is 12.9. The van der Waals surface area contributed by atoms with E-state index in [2.05, 4.69) is 5.32 Å². The summed E-state index contributed by atoms with van der Waals surface area (Å²) in [4.78, 5) is 39.1. The van der Waals surface area contributed by atoms with Gasteiger partial charge in [-0.2, -0.15) is 0 Å². The number of amides is 1. The molecule has 0 atom stereocenters. The summed E-state index contributed by atoms with van der Waals surface area (Å²) in [7, 11) is 0. The maximum atomic E-state index is 13.3. The van der Waals surface area contributed by atoms with Crippen molar-refractivity contribution in [1.29, 1.82) is 0 Å². The Kier molecular flexibility index (Phi) is 7.46. The van der Waals surface area contributed by atoms with Gasteiger partial charge in [-0.25, -0.2) is 9.59 Å². The Labute approximate surface area is 232 Å². The standard InChI is InChI=1S/C33H28N2O5/c1-4-39-33(38)30-22(3)35(24-13-6-5-7-14-24)29-18-17-25(20-27(29)30)40-32(37)26-15-8-9-16-28(26)34-31(36)23-12-10-11-21(2)19-23/h5-20H,4H2,1-3H3,(H,34,36). The number of benzene rings is 4. The summed E-state index contributed by atoms with van der Waals surface area (Å²) in [5, 5.41) is 3.42. The van der Waals surface area contributed by atoms with Gasteiger partial charge in [0.05, 0.1) is 28.9 Å². The van der Waals surface area contributed by atoms with Crippen molar-refractivity contribution in [1.82, 2.24) is 4.57 Å². The number of aromatic nitrogens is 1. The molecule has 1 aromatic heterocycles. The van der Waals surface area contributed by atoms with E-state index in [4.69, 9.17) is 9.47 Å². The smallest absolute Gasteiger partial charge is 0.345 e. The molecule has 0 saturated heterocycles. The summed E-state index contributed by atoms with van der Waals surface area (Å²) in [6, 6.07) is 28.7. The zero-order valence-corrected chi connectivity index (χ0v) is 22.4. The Bertz CT molecular complexity index is 1740. The number of hydrogen-bond acceptors (Lipinski definition) is 5. The van der Waals surface area contributed by atoms with Gasteiger partial charge in [0.15, 0.2) is 0 Å². The van der Waals surface area contributed by atoms with Crippen molar-refractivity contribution < 1.29 is 23.9 Å². The second-order valence-corrected chi connectivity index (χ2v) is 9.29. The average Bonchev–Trinajstić information content (AvgIpc) is 3.24. The van der Waals surface area contributed by atoms with Crippen LogP contribution in [-0.4, -0.2) is 29.0 Å². The fourth-order valence-corrected chi connectivity index (χ4v) is 4.74. The van der Waals surface area contributed by atoms with Gasteiger partial charge < -0.3 is 19.4 Å². The first-order chi connectivity index (χ1) is 19.4. The molecule has 0 saturated carbocycles. The van der Waals surface area contributed by atoms with E-state index in [9.17, 15) is 14.4 Å². The summed E-state index contributed by atoms with van der Waals surface area (Å²) >= 11 is 0. The number of anilines is 1. The van der Waals surface area contributed by atoms with Gasteiger partial charge in [0.25, 0.3) is 5.91 Å². The number of carbonyl (C=O) groups is 3. The van der Waals surface area contributed by atoms with E-state index >= 15 is 0 Å². The second kappa shape index (κ2) is 11.3. The first kappa shape index (κ1) is 26.4. The van der Waals surface area contributed by atoms with Gasteiger partial charge in [0, 0.05) is 22.3 Å². The summed E-state index contributed by atoms with van der Waals surface area (Å²) in [5.41, 5.74) is 4.76. The molecule has 4 aromatic carbocycles. The number of hydrogen-bond donors (Lipinski definition) is 1. The molecule has 5 rings (SSSR count). The van der Waals surface area contributed by atoms with Crippen LogP contribution in [0.5, 0.6) is 5.75 Å². The molecule has 1 N–H and O–H groups in total. The molecule has 0 aliphatic carbocycles. The molecule has 0 aliphatic rings. The van der Waals surface area contributed by atoms with E-state index in [1.165, 1.54) is 0 Å². The second-order valence-electron chi connectivity index (χ2n) is 9.29. The Balaban J connectivity index is 1.48. The fraction of sp³-hybridized carbons (Fsp3) is 0.121. The molecule has 5 aromatic rings. The molecule has 1 amide bonds. The monoisotopic (exact) mass is 532 g/mol. The zero-order chi connectivity index (χ0) is 28.2. The van der Waals surface area contributed by atoms with E-state index in [0.29, 0.717) is 27.9 Å². The van der Waals surface area contributed by atoms with Gasteiger partial charge in [0.2, 0.25) is 0 Å². The van der Waals surface area contributed by atoms with Crippen molar-refractivity contribution in [3.63, 3.8) is 0 Å². The third-order valence-electron chi connectivity index (χ3n) is 6.56. The van der Waals surface area contributed by atoms with Crippen LogP contribution < -0.4 is 10.1 Å². The molecule has 0 radical (unpaired) electrons. The normalized spacial score (nSPS) is 10.8.